The Morgan fingerprint density at radius 1 is 1.03 bits per heavy atom. The standard InChI is InChI=1S/C30H31NO5/c1-3-4-16-34-28-14-5-21(2)18-26(28)23-8-6-22(7-9-23)20-36-25-12-10-24(11-13-25)27(19-29(32)33)30-31-15-17-35-30/h5-15,17-18,27H,3-4,16,19-20H2,1-2H3,(H,32,33). The SMILES string of the molecule is CCCCOc1ccc(C)cc1-c1ccc(COc2ccc(C(CC(=O)O)c3ncco3)cc2)cc1. The summed E-state index contributed by atoms with van der Waals surface area (Å²) in [6.45, 7) is 5.38. The van der Waals surface area contributed by atoms with Gasteiger partial charge >= 0.3 is 5.97 Å². The Bertz CT molecular complexity index is 1250. The van der Waals surface area contributed by atoms with E-state index in [0.717, 1.165) is 40.8 Å². The molecular weight excluding hydrogens is 454 g/mol. The van der Waals surface area contributed by atoms with Crippen LogP contribution in [0.2, 0.25) is 0 Å². The van der Waals surface area contributed by atoms with Crippen LogP contribution in [0.1, 0.15) is 54.7 Å². The van der Waals surface area contributed by atoms with Gasteiger partial charge in [-0.3, -0.25) is 4.79 Å². The van der Waals surface area contributed by atoms with Gasteiger partial charge in [0.15, 0.2) is 0 Å². The van der Waals surface area contributed by atoms with E-state index in [2.05, 4.69) is 55.2 Å². The second kappa shape index (κ2) is 12.1. The highest BCUT2D eigenvalue weighted by molar-refractivity contribution is 5.71. The van der Waals surface area contributed by atoms with E-state index in [4.69, 9.17) is 13.9 Å². The van der Waals surface area contributed by atoms with Crippen LogP contribution in [-0.4, -0.2) is 22.7 Å². The number of carboxylic acid groups (broad SMARTS) is 1. The number of ether oxygens (including phenoxy) is 2. The van der Waals surface area contributed by atoms with Crippen molar-refractivity contribution in [3.05, 3.63) is 102 Å². The number of hydrogen-bond acceptors (Lipinski definition) is 5. The maximum Gasteiger partial charge on any atom is 0.304 e. The quantitative estimate of drug-likeness (QED) is 0.217. The van der Waals surface area contributed by atoms with Gasteiger partial charge in [0.25, 0.3) is 0 Å². The number of carbonyl (C=O) groups is 1. The van der Waals surface area contributed by atoms with Crippen LogP contribution in [0.3, 0.4) is 0 Å². The van der Waals surface area contributed by atoms with Gasteiger partial charge in [0.2, 0.25) is 5.89 Å². The fourth-order valence-corrected chi connectivity index (χ4v) is 3.99. The van der Waals surface area contributed by atoms with Gasteiger partial charge < -0.3 is 19.0 Å². The van der Waals surface area contributed by atoms with Crippen molar-refractivity contribution in [2.75, 3.05) is 6.61 Å². The first kappa shape index (κ1) is 25.0. The number of benzene rings is 3. The summed E-state index contributed by atoms with van der Waals surface area (Å²) in [5.74, 6) is 0.640. The highest BCUT2D eigenvalue weighted by Crippen LogP contribution is 2.32. The van der Waals surface area contributed by atoms with Crippen LogP contribution in [0.5, 0.6) is 11.5 Å². The predicted octanol–water partition coefficient (Wildman–Crippen LogP) is 7.01. The van der Waals surface area contributed by atoms with Crippen molar-refractivity contribution in [2.24, 2.45) is 0 Å². The number of carboxylic acids is 1. The molecule has 3 aromatic carbocycles. The van der Waals surface area contributed by atoms with E-state index >= 15 is 0 Å². The molecule has 0 spiro atoms. The summed E-state index contributed by atoms with van der Waals surface area (Å²) < 4.78 is 17.4. The molecule has 1 heterocycles. The molecule has 0 aliphatic heterocycles. The molecule has 1 N–H and O–H groups in total. The van der Waals surface area contributed by atoms with Crippen LogP contribution in [0.15, 0.2) is 83.6 Å². The molecule has 0 saturated carbocycles. The van der Waals surface area contributed by atoms with Crippen LogP contribution in [-0.2, 0) is 11.4 Å². The summed E-state index contributed by atoms with van der Waals surface area (Å²) in [4.78, 5) is 15.4. The summed E-state index contributed by atoms with van der Waals surface area (Å²) in [6, 6.07) is 22.0. The van der Waals surface area contributed by atoms with Gasteiger partial charge in [-0.2, -0.15) is 0 Å². The van der Waals surface area contributed by atoms with Gasteiger partial charge in [0.1, 0.15) is 24.4 Å². The maximum atomic E-state index is 11.3. The molecule has 186 valence electrons. The lowest BCUT2D eigenvalue weighted by Crippen LogP contribution is -2.08. The summed E-state index contributed by atoms with van der Waals surface area (Å²) in [5.41, 5.74) is 5.25. The minimum absolute atomic E-state index is 0.0979. The average Bonchev–Trinajstić information content (AvgIpc) is 3.42. The van der Waals surface area contributed by atoms with E-state index in [-0.39, 0.29) is 6.42 Å². The van der Waals surface area contributed by atoms with Crippen molar-refractivity contribution in [1.29, 1.82) is 0 Å². The average molecular weight is 486 g/mol. The molecule has 0 radical (unpaired) electrons. The highest BCUT2D eigenvalue weighted by Gasteiger charge is 2.22. The molecule has 0 bridgehead atoms. The van der Waals surface area contributed by atoms with Crippen molar-refractivity contribution in [3.63, 3.8) is 0 Å². The second-order valence-corrected chi connectivity index (χ2v) is 8.78. The number of aromatic nitrogens is 1. The van der Waals surface area contributed by atoms with Crippen molar-refractivity contribution in [2.45, 2.75) is 45.6 Å². The molecule has 6 heteroatoms. The van der Waals surface area contributed by atoms with Crippen molar-refractivity contribution in [1.82, 2.24) is 4.98 Å². The summed E-state index contributed by atoms with van der Waals surface area (Å²) in [6.07, 6.45) is 5.00. The zero-order valence-corrected chi connectivity index (χ0v) is 20.6. The first-order chi connectivity index (χ1) is 17.5. The Balaban J connectivity index is 1.41. The van der Waals surface area contributed by atoms with Gasteiger partial charge in [-0.05, 0) is 54.3 Å². The van der Waals surface area contributed by atoms with Crippen molar-refractivity contribution >= 4 is 5.97 Å². The summed E-state index contributed by atoms with van der Waals surface area (Å²) >= 11 is 0. The van der Waals surface area contributed by atoms with Crippen molar-refractivity contribution < 1.29 is 23.8 Å². The van der Waals surface area contributed by atoms with E-state index in [1.54, 1.807) is 0 Å². The molecule has 0 aliphatic carbocycles. The number of oxazole rings is 1. The van der Waals surface area contributed by atoms with E-state index in [1.807, 2.05) is 30.3 Å². The normalized spacial score (nSPS) is 11.7. The molecule has 1 aromatic heterocycles. The minimum atomic E-state index is -0.910. The first-order valence-electron chi connectivity index (χ1n) is 12.2. The predicted molar refractivity (Wildman–Crippen MR) is 138 cm³/mol. The molecule has 4 rings (SSSR count). The summed E-state index contributed by atoms with van der Waals surface area (Å²) in [5, 5.41) is 9.28. The monoisotopic (exact) mass is 485 g/mol. The number of aliphatic carboxylic acids is 1. The van der Waals surface area contributed by atoms with Crippen LogP contribution in [0, 0.1) is 6.92 Å². The summed E-state index contributed by atoms with van der Waals surface area (Å²) in [7, 11) is 0. The fraction of sp³-hybridized carbons (Fsp3) is 0.267. The molecule has 0 saturated heterocycles. The second-order valence-electron chi connectivity index (χ2n) is 8.78. The topological polar surface area (TPSA) is 81.8 Å². The van der Waals surface area contributed by atoms with E-state index < -0.39 is 11.9 Å². The number of nitrogens with zero attached hydrogens (tertiary/aromatic N) is 1. The fourth-order valence-electron chi connectivity index (χ4n) is 3.99. The van der Waals surface area contributed by atoms with Crippen LogP contribution in [0.4, 0.5) is 0 Å². The smallest absolute Gasteiger partial charge is 0.304 e. The molecule has 1 unspecified atom stereocenters. The molecular formula is C30H31NO5. The Labute approximate surface area is 211 Å². The third-order valence-electron chi connectivity index (χ3n) is 5.97. The third-order valence-corrected chi connectivity index (χ3v) is 5.97. The van der Waals surface area contributed by atoms with Gasteiger partial charge in [0.05, 0.1) is 25.1 Å². The van der Waals surface area contributed by atoms with Gasteiger partial charge in [-0.15, -0.1) is 0 Å². The Kier molecular flexibility index (Phi) is 8.40. The van der Waals surface area contributed by atoms with Crippen LogP contribution < -0.4 is 9.47 Å². The molecule has 1 atom stereocenters. The lowest BCUT2D eigenvalue weighted by atomic mass is 9.95. The lowest BCUT2D eigenvalue weighted by molar-refractivity contribution is -0.137. The highest BCUT2D eigenvalue weighted by atomic mass is 16.5. The zero-order chi connectivity index (χ0) is 25.3. The van der Waals surface area contributed by atoms with E-state index in [1.165, 1.54) is 18.0 Å². The zero-order valence-electron chi connectivity index (χ0n) is 20.6. The number of unbranched alkanes of at least 4 members (excludes halogenated alkanes) is 1. The Hall–Kier alpha value is -4.06. The van der Waals surface area contributed by atoms with Gasteiger partial charge in [-0.1, -0.05) is 61.4 Å². The molecule has 0 fully saturated rings. The molecule has 4 aromatic rings. The maximum absolute atomic E-state index is 11.3. The minimum Gasteiger partial charge on any atom is -0.493 e. The lowest BCUT2D eigenvalue weighted by Gasteiger charge is -2.14. The number of rotatable bonds is 12. The molecule has 6 nitrogen and oxygen atoms in total. The first-order valence-corrected chi connectivity index (χ1v) is 12.2. The third kappa shape index (κ3) is 6.54. The Morgan fingerprint density at radius 2 is 1.81 bits per heavy atom. The molecule has 0 amide bonds. The Morgan fingerprint density at radius 3 is 2.47 bits per heavy atom. The van der Waals surface area contributed by atoms with E-state index in [0.29, 0.717) is 24.9 Å². The van der Waals surface area contributed by atoms with Gasteiger partial charge in [-0.25, -0.2) is 4.98 Å². The largest absolute Gasteiger partial charge is 0.493 e. The molecule has 36 heavy (non-hydrogen) atoms. The van der Waals surface area contributed by atoms with Crippen molar-refractivity contribution in [3.8, 4) is 22.6 Å². The molecule has 0 aliphatic rings. The van der Waals surface area contributed by atoms with Crippen LogP contribution >= 0.6 is 0 Å². The van der Waals surface area contributed by atoms with Gasteiger partial charge in [0, 0.05) is 5.56 Å². The van der Waals surface area contributed by atoms with Crippen LogP contribution in [0.25, 0.3) is 11.1 Å². The number of aryl methyl sites for hydroxylation is 1. The number of hydrogen-bond donors (Lipinski definition) is 1. The van der Waals surface area contributed by atoms with E-state index in [9.17, 15) is 9.90 Å².